The zero-order valence-electron chi connectivity index (χ0n) is 4.48. The highest BCUT2D eigenvalue weighted by atomic mass is 16.1. The summed E-state index contributed by atoms with van der Waals surface area (Å²) in [5, 5.41) is 0. The lowest BCUT2D eigenvalue weighted by molar-refractivity contribution is -0.117. The molecule has 0 fully saturated rings. The third-order valence-corrected chi connectivity index (χ3v) is 0.346. The van der Waals surface area contributed by atoms with Crippen LogP contribution in [0.3, 0.4) is 0 Å². The standard InChI is InChI=1S/C4H7NO/c1-2-3-4(5)6/h2H,1,3H2,(H2,5,6)/p+1. The largest absolute Gasteiger partial charge is 1.00 e. The van der Waals surface area contributed by atoms with Crippen molar-refractivity contribution < 1.29 is 6.22 Å². The minimum absolute atomic E-state index is 0. The fourth-order valence-corrected chi connectivity index (χ4v) is 0.142. The topological polar surface area (TPSA) is 43.1 Å². The van der Waals surface area contributed by atoms with Crippen LogP contribution in [0, 0.1) is 0 Å². The SMILES string of the molecule is C=CCC(N)=O.[H+]. The highest BCUT2D eigenvalue weighted by Gasteiger charge is 1.80. The Morgan fingerprint density at radius 2 is 2.67 bits per heavy atom. The highest BCUT2D eigenvalue weighted by molar-refractivity contribution is 5.75. The summed E-state index contributed by atoms with van der Waals surface area (Å²) in [6, 6.07) is 0. The lowest BCUT2D eigenvalue weighted by Crippen LogP contribution is -2.07. The van der Waals surface area contributed by atoms with Gasteiger partial charge in [-0.3, -0.25) is 4.79 Å². The molecule has 0 spiro atoms. The summed E-state index contributed by atoms with van der Waals surface area (Å²) in [4.78, 5) is 9.75. The maximum absolute atomic E-state index is 9.75. The first-order valence-electron chi connectivity index (χ1n) is 1.66. The summed E-state index contributed by atoms with van der Waals surface area (Å²) in [6.45, 7) is 3.30. The number of rotatable bonds is 2. The molecule has 0 radical (unpaired) electrons. The molecule has 0 heterocycles. The Bertz CT molecular complexity index is 72.1. The molecule has 2 heteroatoms. The van der Waals surface area contributed by atoms with E-state index in [1.807, 2.05) is 0 Å². The Kier molecular flexibility index (Phi) is 2.13. The molecule has 2 nitrogen and oxygen atoms in total. The quantitative estimate of drug-likeness (QED) is 0.478. The van der Waals surface area contributed by atoms with Gasteiger partial charge in [0.05, 0.1) is 0 Å². The van der Waals surface area contributed by atoms with Crippen molar-refractivity contribution in [2.45, 2.75) is 6.42 Å². The molecule has 0 rings (SSSR count). The van der Waals surface area contributed by atoms with Crippen LogP contribution in [0.1, 0.15) is 7.85 Å². The second kappa shape index (κ2) is 2.45. The van der Waals surface area contributed by atoms with Crippen molar-refractivity contribution in [1.29, 1.82) is 0 Å². The molecule has 6 heavy (non-hydrogen) atoms. The minimum Gasteiger partial charge on any atom is -0.369 e. The van der Waals surface area contributed by atoms with E-state index in [0.717, 1.165) is 0 Å². The fraction of sp³-hybridized carbons (Fsp3) is 0.250. The van der Waals surface area contributed by atoms with Crippen molar-refractivity contribution in [3.8, 4) is 0 Å². The van der Waals surface area contributed by atoms with Crippen LogP contribution in [-0.2, 0) is 4.79 Å². The van der Waals surface area contributed by atoms with Crippen LogP contribution in [0.5, 0.6) is 0 Å². The van der Waals surface area contributed by atoms with Crippen LogP contribution < -0.4 is 5.73 Å². The van der Waals surface area contributed by atoms with Crippen LogP contribution in [0.25, 0.3) is 0 Å². The molecular formula is C4H8NO+. The second-order valence-corrected chi connectivity index (χ2v) is 0.959. The molecule has 0 aliphatic rings. The van der Waals surface area contributed by atoms with Gasteiger partial charge in [0, 0.05) is 6.42 Å². The molecule has 0 unspecified atom stereocenters. The summed E-state index contributed by atoms with van der Waals surface area (Å²) in [7, 11) is 0. The normalized spacial score (nSPS) is 7.33. The Morgan fingerprint density at radius 3 is 2.67 bits per heavy atom. The monoisotopic (exact) mass is 86.1 g/mol. The molecule has 0 bridgehead atoms. The first kappa shape index (κ1) is 5.21. The van der Waals surface area contributed by atoms with Crippen molar-refractivity contribution in [1.82, 2.24) is 0 Å². The number of carbonyl (C=O) groups is 1. The van der Waals surface area contributed by atoms with Crippen molar-refractivity contribution in [2.75, 3.05) is 0 Å². The summed E-state index contributed by atoms with van der Waals surface area (Å²) < 4.78 is 0. The Hall–Kier alpha value is -0.790. The van der Waals surface area contributed by atoms with Gasteiger partial charge in [0.15, 0.2) is 0 Å². The number of amides is 1. The molecule has 0 aromatic heterocycles. The van der Waals surface area contributed by atoms with Gasteiger partial charge in [-0.25, -0.2) is 0 Å². The zero-order valence-corrected chi connectivity index (χ0v) is 3.48. The first-order chi connectivity index (χ1) is 2.77. The van der Waals surface area contributed by atoms with Crippen molar-refractivity contribution in [3.63, 3.8) is 0 Å². The average molecular weight is 86.1 g/mol. The van der Waals surface area contributed by atoms with Gasteiger partial charge in [-0.05, 0) is 0 Å². The van der Waals surface area contributed by atoms with Gasteiger partial charge in [-0.1, -0.05) is 6.08 Å². The van der Waals surface area contributed by atoms with E-state index in [1.165, 1.54) is 6.08 Å². The molecule has 34 valence electrons. The molecule has 0 saturated heterocycles. The lowest BCUT2D eigenvalue weighted by atomic mass is 10.4. The highest BCUT2D eigenvalue weighted by Crippen LogP contribution is 1.71. The van der Waals surface area contributed by atoms with Crippen molar-refractivity contribution in [2.24, 2.45) is 5.73 Å². The second-order valence-electron chi connectivity index (χ2n) is 0.959. The van der Waals surface area contributed by atoms with E-state index >= 15 is 0 Å². The molecule has 1 amide bonds. The number of hydrogen-bond donors (Lipinski definition) is 1. The Balaban J connectivity index is 0. The van der Waals surface area contributed by atoms with Gasteiger partial charge in [0.2, 0.25) is 5.91 Å². The predicted octanol–water partition coefficient (Wildman–Crippen LogP) is 0.160. The van der Waals surface area contributed by atoms with Crippen LogP contribution in [-0.4, -0.2) is 5.91 Å². The fourth-order valence-electron chi connectivity index (χ4n) is 0.142. The maximum atomic E-state index is 9.75. The summed E-state index contributed by atoms with van der Waals surface area (Å²) >= 11 is 0. The number of nitrogens with two attached hydrogens (primary N) is 1. The molecule has 2 N–H and O–H groups in total. The Morgan fingerprint density at radius 1 is 2.17 bits per heavy atom. The summed E-state index contributed by atoms with van der Waals surface area (Å²) in [6.07, 6.45) is 1.75. The third kappa shape index (κ3) is 3.21. The smallest absolute Gasteiger partial charge is 0.369 e. The van der Waals surface area contributed by atoms with Gasteiger partial charge in [0.1, 0.15) is 0 Å². The molecule has 0 aliphatic heterocycles. The van der Waals surface area contributed by atoms with Crippen LogP contribution in [0.4, 0.5) is 0 Å². The predicted molar refractivity (Wildman–Crippen MR) is 25.1 cm³/mol. The molecular weight excluding hydrogens is 78.0 g/mol. The Labute approximate surface area is 38.1 Å². The third-order valence-electron chi connectivity index (χ3n) is 0.346. The van der Waals surface area contributed by atoms with E-state index in [9.17, 15) is 4.79 Å². The maximum Gasteiger partial charge on any atom is 1.00 e. The van der Waals surface area contributed by atoms with E-state index in [1.54, 1.807) is 0 Å². The van der Waals surface area contributed by atoms with E-state index in [2.05, 4.69) is 6.58 Å². The van der Waals surface area contributed by atoms with Crippen LogP contribution in [0.15, 0.2) is 12.7 Å². The summed E-state index contributed by atoms with van der Waals surface area (Å²) in [5.74, 6) is -0.329. The first-order valence-corrected chi connectivity index (χ1v) is 1.66. The number of carbonyl (C=O) groups excluding carboxylic acids is 1. The van der Waals surface area contributed by atoms with Gasteiger partial charge >= 0.3 is 1.43 Å². The molecule has 0 atom stereocenters. The average Bonchev–Trinajstić information content (AvgIpc) is 1.35. The molecule has 0 aromatic rings. The number of primary amides is 1. The van der Waals surface area contributed by atoms with E-state index < -0.39 is 0 Å². The van der Waals surface area contributed by atoms with Crippen molar-refractivity contribution in [3.05, 3.63) is 12.7 Å². The van der Waals surface area contributed by atoms with Crippen LogP contribution >= 0.6 is 0 Å². The van der Waals surface area contributed by atoms with Crippen LogP contribution in [0.2, 0.25) is 0 Å². The van der Waals surface area contributed by atoms with Gasteiger partial charge in [-0.15, -0.1) is 6.58 Å². The lowest BCUT2D eigenvalue weighted by Gasteiger charge is -1.76. The van der Waals surface area contributed by atoms with E-state index in [0.29, 0.717) is 0 Å². The summed E-state index contributed by atoms with van der Waals surface area (Å²) in [5.41, 5.74) is 4.69. The van der Waals surface area contributed by atoms with E-state index in [-0.39, 0.29) is 13.8 Å². The van der Waals surface area contributed by atoms with Gasteiger partial charge < -0.3 is 5.73 Å². The van der Waals surface area contributed by atoms with Gasteiger partial charge in [0.25, 0.3) is 0 Å². The van der Waals surface area contributed by atoms with Gasteiger partial charge in [-0.2, -0.15) is 0 Å². The minimum atomic E-state index is -0.329. The molecule has 0 aromatic carbocycles. The molecule has 0 saturated carbocycles. The zero-order chi connectivity index (χ0) is 4.99. The molecule has 0 aliphatic carbocycles. The van der Waals surface area contributed by atoms with Crippen molar-refractivity contribution >= 4 is 5.91 Å². The van der Waals surface area contributed by atoms with E-state index in [4.69, 9.17) is 5.73 Å². The number of hydrogen-bond acceptors (Lipinski definition) is 1.